The van der Waals surface area contributed by atoms with Gasteiger partial charge in [0.2, 0.25) is 0 Å². The summed E-state index contributed by atoms with van der Waals surface area (Å²) in [4.78, 5) is 10.7. The zero-order chi connectivity index (χ0) is 11.4. The molecule has 82 valence electrons. The third kappa shape index (κ3) is 3.16. The van der Waals surface area contributed by atoms with Crippen LogP contribution in [0, 0.1) is 5.92 Å². The summed E-state index contributed by atoms with van der Waals surface area (Å²) in [6, 6.07) is 4.88. The maximum atomic E-state index is 10.7. The number of hydrogen-bond donors (Lipinski definition) is 3. The number of anilines is 2. The Morgan fingerprint density at radius 1 is 1.53 bits per heavy atom. The second kappa shape index (κ2) is 4.68. The van der Waals surface area contributed by atoms with Crippen LogP contribution in [0.1, 0.15) is 24.2 Å². The number of carboxylic acids is 1. The summed E-state index contributed by atoms with van der Waals surface area (Å²) in [6.45, 7) is 5.04. The molecule has 0 fully saturated rings. The quantitative estimate of drug-likeness (QED) is 0.662. The van der Waals surface area contributed by atoms with E-state index in [0.29, 0.717) is 5.92 Å². The van der Waals surface area contributed by atoms with Gasteiger partial charge in [-0.2, -0.15) is 0 Å². The number of nitrogen functional groups attached to an aromatic ring is 1. The predicted octanol–water partition coefficient (Wildman–Crippen LogP) is 2.03. The number of hydrogen-bond acceptors (Lipinski definition) is 3. The van der Waals surface area contributed by atoms with Gasteiger partial charge in [0.1, 0.15) is 0 Å². The van der Waals surface area contributed by atoms with Crippen molar-refractivity contribution < 1.29 is 9.90 Å². The molecular formula is C11H16N2O2. The van der Waals surface area contributed by atoms with Gasteiger partial charge in [0.15, 0.2) is 0 Å². The van der Waals surface area contributed by atoms with E-state index >= 15 is 0 Å². The molecule has 15 heavy (non-hydrogen) atoms. The van der Waals surface area contributed by atoms with Crippen molar-refractivity contribution in [3.8, 4) is 0 Å². The molecule has 1 aromatic rings. The average Bonchev–Trinajstić information content (AvgIpc) is 2.14. The molecule has 0 atom stereocenters. The van der Waals surface area contributed by atoms with Crippen LogP contribution in [-0.4, -0.2) is 17.6 Å². The van der Waals surface area contributed by atoms with E-state index in [2.05, 4.69) is 19.2 Å². The third-order valence-corrected chi connectivity index (χ3v) is 2.00. The number of carbonyl (C=O) groups is 1. The number of nitrogens with two attached hydrogens (primary N) is 1. The van der Waals surface area contributed by atoms with Crippen molar-refractivity contribution in [1.82, 2.24) is 0 Å². The molecule has 0 unspecified atom stereocenters. The van der Waals surface area contributed by atoms with E-state index in [1.807, 2.05) is 0 Å². The normalized spacial score (nSPS) is 10.3. The van der Waals surface area contributed by atoms with Gasteiger partial charge in [-0.05, 0) is 24.1 Å². The highest BCUT2D eigenvalue weighted by Crippen LogP contribution is 2.18. The molecule has 0 bridgehead atoms. The van der Waals surface area contributed by atoms with Gasteiger partial charge in [-0.3, -0.25) is 0 Å². The van der Waals surface area contributed by atoms with Crippen LogP contribution in [0.15, 0.2) is 18.2 Å². The zero-order valence-corrected chi connectivity index (χ0v) is 8.95. The fraction of sp³-hybridized carbons (Fsp3) is 0.364. The molecule has 0 aromatic heterocycles. The number of nitrogens with one attached hydrogen (secondary N) is 1. The lowest BCUT2D eigenvalue weighted by Crippen LogP contribution is -2.09. The van der Waals surface area contributed by atoms with Gasteiger partial charge in [-0.25, -0.2) is 4.79 Å². The molecule has 4 nitrogen and oxygen atoms in total. The minimum Gasteiger partial charge on any atom is -0.478 e. The molecule has 4 heteroatoms. The molecule has 0 aliphatic rings. The van der Waals surface area contributed by atoms with Crippen molar-refractivity contribution in [2.24, 2.45) is 5.92 Å². The van der Waals surface area contributed by atoms with Crippen LogP contribution >= 0.6 is 0 Å². The molecule has 0 amide bonds. The fourth-order valence-corrected chi connectivity index (χ4v) is 1.19. The van der Waals surface area contributed by atoms with E-state index in [1.54, 1.807) is 12.1 Å². The minimum atomic E-state index is -0.997. The molecular weight excluding hydrogens is 192 g/mol. The lowest BCUT2D eigenvalue weighted by Gasteiger charge is -2.10. The van der Waals surface area contributed by atoms with E-state index in [9.17, 15) is 4.79 Å². The minimum absolute atomic E-state index is 0.144. The predicted molar refractivity (Wildman–Crippen MR) is 61.1 cm³/mol. The Hall–Kier alpha value is -1.71. The van der Waals surface area contributed by atoms with Crippen molar-refractivity contribution in [3.63, 3.8) is 0 Å². The number of aromatic carboxylic acids is 1. The first kappa shape index (κ1) is 11.4. The molecule has 0 saturated carbocycles. The van der Waals surface area contributed by atoms with Crippen LogP contribution in [0.2, 0.25) is 0 Å². The first-order valence-electron chi connectivity index (χ1n) is 4.87. The molecule has 0 heterocycles. The molecule has 4 N–H and O–H groups in total. The van der Waals surface area contributed by atoms with Crippen LogP contribution < -0.4 is 11.1 Å². The maximum absolute atomic E-state index is 10.7. The van der Waals surface area contributed by atoms with Crippen LogP contribution in [0.5, 0.6) is 0 Å². The maximum Gasteiger partial charge on any atom is 0.337 e. The van der Waals surface area contributed by atoms with E-state index in [0.717, 1.165) is 12.2 Å². The summed E-state index contributed by atoms with van der Waals surface area (Å²) in [7, 11) is 0. The van der Waals surface area contributed by atoms with E-state index in [4.69, 9.17) is 10.8 Å². The van der Waals surface area contributed by atoms with Crippen LogP contribution in [0.25, 0.3) is 0 Å². The first-order chi connectivity index (χ1) is 7.00. The van der Waals surface area contributed by atoms with Crippen molar-refractivity contribution in [2.45, 2.75) is 13.8 Å². The summed E-state index contributed by atoms with van der Waals surface area (Å²) in [6.07, 6.45) is 0. The molecule has 0 aliphatic carbocycles. The highest BCUT2D eigenvalue weighted by atomic mass is 16.4. The van der Waals surface area contributed by atoms with Crippen molar-refractivity contribution >= 4 is 17.3 Å². The van der Waals surface area contributed by atoms with E-state index in [-0.39, 0.29) is 11.3 Å². The standard InChI is InChI=1S/C11H16N2O2/c1-7(2)6-13-8-3-4-9(11(14)15)10(12)5-8/h3-5,7,13H,6,12H2,1-2H3,(H,14,15). The van der Waals surface area contributed by atoms with Crippen LogP contribution in [-0.2, 0) is 0 Å². The number of carboxylic acid groups (broad SMARTS) is 1. The Kier molecular flexibility index (Phi) is 3.55. The summed E-state index contributed by atoms with van der Waals surface area (Å²) >= 11 is 0. The second-order valence-electron chi connectivity index (χ2n) is 3.88. The van der Waals surface area contributed by atoms with E-state index in [1.165, 1.54) is 6.07 Å². The van der Waals surface area contributed by atoms with Gasteiger partial charge in [0.05, 0.1) is 5.56 Å². The lowest BCUT2D eigenvalue weighted by molar-refractivity contribution is 0.0698. The lowest BCUT2D eigenvalue weighted by atomic mass is 10.1. The van der Waals surface area contributed by atoms with Gasteiger partial charge < -0.3 is 16.2 Å². The molecule has 0 radical (unpaired) electrons. The monoisotopic (exact) mass is 208 g/mol. The van der Waals surface area contributed by atoms with Crippen LogP contribution in [0.3, 0.4) is 0 Å². The summed E-state index contributed by atoms with van der Waals surface area (Å²) in [5.41, 5.74) is 6.89. The fourth-order valence-electron chi connectivity index (χ4n) is 1.19. The summed E-state index contributed by atoms with van der Waals surface area (Å²) in [5, 5.41) is 12.0. The van der Waals surface area contributed by atoms with Crippen molar-refractivity contribution in [1.29, 1.82) is 0 Å². The third-order valence-electron chi connectivity index (χ3n) is 2.00. The second-order valence-corrected chi connectivity index (χ2v) is 3.88. The zero-order valence-electron chi connectivity index (χ0n) is 8.95. The van der Waals surface area contributed by atoms with Crippen molar-refractivity contribution in [3.05, 3.63) is 23.8 Å². The number of rotatable bonds is 4. The molecule has 0 aliphatic heterocycles. The Labute approximate surface area is 89.1 Å². The average molecular weight is 208 g/mol. The van der Waals surface area contributed by atoms with Gasteiger partial charge in [0.25, 0.3) is 0 Å². The topological polar surface area (TPSA) is 75.3 Å². The van der Waals surface area contributed by atoms with Gasteiger partial charge >= 0.3 is 5.97 Å². The van der Waals surface area contributed by atoms with Crippen molar-refractivity contribution in [2.75, 3.05) is 17.6 Å². The smallest absolute Gasteiger partial charge is 0.337 e. The Balaban J connectivity index is 2.78. The number of benzene rings is 1. The van der Waals surface area contributed by atoms with Crippen LogP contribution in [0.4, 0.5) is 11.4 Å². The largest absolute Gasteiger partial charge is 0.478 e. The molecule has 0 saturated heterocycles. The van der Waals surface area contributed by atoms with E-state index < -0.39 is 5.97 Å². The van der Waals surface area contributed by atoms with Gasteiger partial charge in [-0.15, -0.1) is 0 Å². The Morgan fingerprint density at radius 2 is 2.20 bits per heavy atom. The van der Waals surface area contributed by atoms with Gasteiger partial charge in [-0.1, -0.05) is 13.8 Å². The Bertz CT molecular complexity index is 362. The summed E-state index contributed by atoms with van der Waals surface area (Å²) in [5.74, 6) is -0.465. The highest BCUT2D eigenvalue weighted by molar-refractivity contribution is 5.94. The molecule has 0 spiro atoms. The molecule has 1 rings (SSSR count). The summed E-state index contributed by atoms with van der Waals surface area (Å²) < 4.78 is 0. The molecule has 1 aromatic carbocycles. The first-order valence-corrected chi connectivity index (χ1v) is 4.87. The van der Waals surface area contributed by atoms with Gasteiger partial charge in [0, 0.05) is 17.9 Å². The Morgan fingerprint density at radius 3 is 2.67 bits per heavy atom. The highest BCUT2D eigenvalue weighted by Gasteiger charge is 2.07. The SMILES string of the molecule is CC(C)CNc1ccc(C(=O)O)c(N)c1.